The summed E-state index contributed by atoms with van der Waals surface area (Å²) in [6.45, 7) is 11.2. The van der Waals surface area contributed by atoms with E-state index in [0.29, 0.717) is 5.56 Å². The number of nitrogens with zero attached hydrogens (tertiary/aromatic N) is 4. The number of imidazole rings is 1. The van der Waals surface area contributed by atoms with Crippen molar-refractivity contribution in [1.29, 1.82) is 0 Å². The van der Waals surface area contributed by atoms with Crippen molar-refractivity contribution in [3.8, 4) is 0 Å². The third-order valence-electron chi connectivity index (χ3n) is 6.89. The topological polar surface area (TPSA) is 53.4 Å². The Labute approximate surface area is 213 Å². The molecule has 2 heterocycles. The summed E-state index contributed by atoms with van der Waals surface area (Å²) >= 11 is 0. The first kappa shape index (κ1) is 24.2. The highest BCUT2D eigenvalue weighted by Gasteiger charge is 2.20. The molecular formula is C30H35N5O. The van der Waals surface area contributed by atoms with E-state index in [9.17, 15) is 4.79 Å². The number of fused-ring (bicyclic) bond motifs is 1. The number of piperazine rings is 1. The van der Waals surface area contributed by atoms with Gasteiger partial charge in [-0.1, -0.05) is 55.0 Å². The van der Waals surface area contributed by atoms with Gasteiger partial charge in [0.05, 0.1) is 17.6 Å². The van der Waals surface area contributed by atoms with Gasteiger partial charge in [0.25, 0.3) is 5.91 Å². The molecule has 1 aliphatic rings. The number of rotatable bonds is 8. The summed E-state index contributed by atoms with van der Waals surface area (Å²) in [6, 6.07) is 24.4. The molecule has 0 aliphatic carbocycles. The Morgan fingerprint density at radius 2 is 1.64 bits per heavy atom. The van der Waals surface area contributed by atoms with Crippen LogP contribution < -0.4 is 5.32 Å². The van der Waals surface area contributed by atoms with Gasteiger partial charge in [-0.2, -0.15) is 0 Å². The molecule has 0 saturated carbocycles. The van der Waals surface area contributed by atoms with Crippen molar-refractivity contribution in [2.75, 3.05) is 31.5 Å². The Morgan fingerprint density at radius 3 is 2.36 bits per heavy atom. The van der Waals surface area contributed by atoms with Crippen LogP contribution in [0.15, 0.2) is 72.8 Å². The van der Waals surface area contributed by atoms with Crippen molar-refractivity contribution >= 4 is 22.6 Å². The lowest BCUT2D eigenvalue weighted by Crippen LogP contribution is -2.45. The molecular weight excluding hydrogens is 446 g/mol. The average molecular weight is 482 g/mol. The van der Waals surface area contributed by atoms with Crippen LogP contribution in [0.2, 0.25) is 0 Å². The van der Waals surface area contributed by atoms with Crippen molar-refractivity contribution in [2.45, 2.75) is 39.9 Å². The standard InChI is InChI=1S/C30H35N5O/c1-3-14-35-28-13-12-26(31-30(36)25-11-7-8-23(2)19-25)20-27(28)32-29(35)22-34-17-15-33(16-18-34)21-24-9-5-4-6-10-24/h4-13,19-20H,3,14-18,21-22H2,1-2H3,(H,31,36). The van der Waals surface area contributed by atoms with Gasteiger partial charge in [-0.25, -0.2) is 4.98 Å². The quantitative estimate of drug-likeness (QED) is 0.370. The molecule has 0 spiro atoms. The first-order valence-electron chi connectivity index (χ1n) is 12.9. The van der Waals surface area contributed by atoms with Crippen LogP contribution in [0.4, 0.5) is 5.69 Å². The van der Waals surface area contributed by atoms with Gasteiger partial charge >= 0.3 is 0 Å². The minimum atomic E-state index is -0.0976. The van der Waals surface area contributed by atoms with Gasteiger partial charge in [0.15, 0.2) is 0 Å². The number of nitrogens with one attached hydrogen (secondary N) is 1. The Hall–Kier alpha value is -3.48. The molecule has 1 N–H and O–H groups in total. The number of anilines is 1. The van der Waals surface area contributed by atoms with E-state index in [-0.39, 0.29) is 5.91 Å². The number of carbonyl (C=O) groups is 1. The van der Waals surface area contributed by atoms with Gasteiger partial charge in [0, 0.05) is 50.5 Å². The van der Waals surface area contributed by atoms with Crippen molar-refractivity contribution in [2.24, 2.45) is 0 Å². The summed E-state index contributed by atoms with van der Waals surface area (Å²) in [5.74, 6) is 1.00. The molecule has 1 fully saturated rings. The predicted octanol–water partition coefficient (Wildman–Crippen LogP) is 5.32. The highest BCUT2D eigenvalue weighted by molar-refractivity contribution is 6.05. The predicted molar refractivity (Wildman–Crippen MR) is 146 cm³/mol. The van der Waals surface area contributed by atoms with Gasteiger partial charge in [0.2, 0.25) is 0 Å². The lowest BCUT2D eigenvalue weighted by molar-refractivity contribution is 0.102. The monoisotopic (exact) mass is 481 g/mol. The molecule has 186 valence electrons. The van der Waals surface area contributed by atoms with E-state index in [4.69, 9.17) is 4.98 Å². The van der Waals surface area contributed by atoms with Crippen molar-refractivity contribution in [3.63, 3.8) is 0 Å². The third-order valence-corrected chi connectivity index (χ3v) is 6.89. The fourth-order valence-electron chi connectivity index (χ4n) is 4.99. The minimum absolute atomic E-state index is 0.0976. The molecule has 1 saturated heterocycles. The summed E-state index contributed by atoms with van der Waals surface area (Å²) < 4.78 is 2.35. The fourth-order valence-corrected chi connectivity index (χ4v) is 4.99. The molecule has 6 nitrogen and oxygen atoms in total. The number of hydrogen-bond acceptors (Lipinski definition) is 4. The molecule has 0 atom stereocenters. The highest BCUT2D eigenvalue weighted by Crippen LogP contribution is 2.23. The smallest absolute Gasteiger partial charge is 0.255 e. The Balaban J connectivity index is 1.27. The van der Waals surface area contributed by atoms with Crippen LogP contribution in [0, 0.1) is 6.92 Å². The molecule has 6 heteroatoms. The zero-order valence-electron chi connectivity index (χ0n) is 21.3. The largest absolute Gasteiger partial charge is 0.327 e. The van der Waals surface area contributed by atoms with E-state index in [1.54, 1.807) is 0 Å². The van der Waals surface area contributed by atoms with Gasteiger partial charge in [0.1, 0.15) is 5.82 Å². The normalized spacial score (nSPS) is 14.8. The van der Waals surface area contributed by atoms with Crippen LogP contribution in [0.3, 0.4) is 0 Å². The van der Waals surface area contributed by atoms with Crippen molar-refractivity contribution < 1.29 is 4.79 Å². The zero-order valence-corrected chi connectivity index (χ0v) is 21.3. The van der Waals surface area contributed by atoms with Crippen LogP contribution in [0.25, 0.3) is 11.0 Å². The second-order valence-electron chi connectivity index (χ2n) is 9.74. The minimum Gasteiger partial charge on any atom is -0.327 e. The average Bonchev–Trinajstić information content (AvgIpc) is 3.22. The number of benzene rings is 3. The van der Waals surface area contributed by atoms with Gasteiger partial charge in [-0.3, -0.25) is 14.6 Å². The Bertz CT molecular complexity index is 1320. The van der Waals surface area contributed by atoms with E-state index in [1.165, 1.54) is 5.56 Å². The van der Waals surface area contributed by atoms with Crippen LogP contribution in [-0.2, 0) is 19.6 Å². The molecule has 4 aromatic rings. The van der Waals surface area contributed by atoms with E-state index < -0.39 is 0 Å². The SMILES string of the molecule is CCCn1c(CN2CCN(Cc3ccccc3)CC2)nc2cc(NC(=O)c3cccc(C)c3)ccc21. The van der Waals surface area contributed by atoms with Crippen LogP contribution in [-0.4, -0.2) is 51.4 Å². The summed E-state index contributed by atoms with van der Waals surface area (Å²) in [5, 5.41) is 3.04. The van der Waals surface area contributed by atoms with E-state index in [2.05, 4.69) is 63.0 Å². The number of hydrogen-bond donors (Lipinski definition) is 1. The molecule has 1 amide bonds. The second kappa shape index (κ2) is 11.1. The molecule has 5 rings (SSSR count). The van der Waals surface area contributed by atoms with Crippen LogP contribution in [0.1, 0.15) is 40.7 Å². The summed E-state index contributed by atoms with van der Waals surface area (Å²) in [7, 11) is 0. The number of carbonyl (C=O) groups excluding carboxylic acids is 1. The van der Waals surface area contributed by atoms with E-state index in [1.807, 2.05) is 43.3 Å². The Kier molecular flexibility index (Phi) is 7.44. The molecule has 0 unspecified atom stereocenters. The van der Waals surface area contributed by atoms with E-state index >= 15 is 0 Å². The lowest BCUT2D eigenvalue weighted by atomic mass is 10.1. The first-order valence-corrected chi connectivity index (χ1v) is 12.9. The lowest BCUT2D eigenvalue weighted by Gasteiger charge is -2.34. The molecule has 0 bridgehead atoms. The third kappa shape index (κ3) is 5.66. The fraction of sp³-hybridized carbons (Fsp3) is 0.333. The van der Waals surface area contributed by atoms with Crippen molar-refractivity contribution in [1.82, 2.24) is 19.4 Å². The van der Waals surface area contributed by atoms with E-state index in [0.717, 1.165) is 80.3 Å². The zero-order chi connectivity index (χ0) is 24.9. The summed E-state index contributed by atoms with van der Waals surface area (Å²) in [4.78, 5) is 22.8. The second-order valence-corrected chi connectivity index (χ2v) is 9.74. The molecule has 0 radical (unpaired) electrons. The number of aryl methyl sites for hydroxylation is 2. The van der Waals surface area contributed by atoms with Gasteiger partial charge in [-0.15, -0.1) is 0 Å². The molecule has 3 aromatic carbocycles. The van der Waals surface area contributed by atoms with Crippen molar-refractivity contribution in [3.05, 3.63) is 95.3 Å². The number of amides is 1. The summed E-state index contributed by atoms with van der Waals surface area (Å²) in [6.07, 6.45) is 1.05. The van der Waals surface area contributed by atoms with Gasteiger partial charge < -0.3 is 9.88 Å². The molecule has 36 heavy (non-hydrogen) atoms. The van der Waals surface area contributed by atoms with Crippen LogP contribution >= 0.6 is 0 Å². The Morgan fingerprint density at radius 1 is 0.889 bits per heavy atom. The molecule has 1 aliphatic heterocycles. The maximum atomic E-state index is 12.7. The maximum Gasteiger partial charge on any atom is 0.255 e. The maximum absolute atomic E-state index is 12.7. The number of aromatic nitrogens is 2. The van der Waals surface area contributed by atoms with Gasteiger partial charge in [-0.05, 0) is 49.2 Å². The first-order chi connectivity index (χ1) is 17.6. The van der Waals surface area contributed by atoms with Crippen LogP contribution in [0.5, 0.6) is 0 Å². The highest BCUT2D eigenvalue weighted by atomic mass is 16.1. The summed E-state index contributed by atoms with van der Waals surface area (Å²) in [5.41, 5.74) is 5.95. The molecule has 1 aromatic heterocycles.